The Bertz CT molecular complexity index is 475. The lowest BCUT2D eigenvalue weighted by atomic mass is 10.2. The first kappa shape index (κ1) is 18.2. The lowest BCUT2D eigenvalue weighted by molar-refractivity contribution is 0.310. The summed E-state index contributed by atoms with van der Waals surface area (Å²) in [6.07, 6.45) is 0. The van der Waals surface area contributed by atoms with Crippen molar-refractivity contribution in [2.45, 2.75) is 20.8 Å². The minimum Gasteiger partial charge on any atom is -0.347 e. The highest BCUT2D eigenvalue weighted by Gasteiger charge is 2.13. The molecule has 0 radical (unpaired) electrons. The molecular weight excluding hydrogens is 302 g/mol. The van der Waals surface area contributed by atoms with Crippen LogP contribution >= 0.6 is 23.8 Å². The van der Waals surface area contributed by atoms with Crippen LogP contribution in [0.1, 0.15) is 19.4 Å². The fourth-order valence-corrected chi connectivity index (χ4v) is 2.42. The minimum atomic E-state index is 0.562. The van der Waals surface area contributed by atoms with Crippen LogP contribution in [0.4, 0.5) is 5.69 Å². The van der Waals surface area contributed by atoms with Crippen LogP contribution < -0.4 is 5.32 Å². The van der Waals surface area contributed by atoms with Gasteiger partial charge in [-0.15, -0.1) is 0 Å². The average Bonchev–Trinajstić information content (AvgIpc) is 2.39. The number of rotatable bonds is 6. The summed E-state index contributed by atoms with van der Waals surface area (Å²) in [4.78, 5) is 4.39. The van der Waals surface area contributed by atoms with Crippen molar-refractivity contribution in [2.24, 2.45) is 5.92 Å². The number of thiocarbonyl (C=S) groups is 1. The lowest BCUT2D eigenvalue weighted by Crippen LogP contribution is -2.41. The van der Waals surface area contributed by atoms with Gasteiger partial charge in [-0.3, -0.25) is 0 Å². The van der Waals surface area contributed by atoms with Crippen molar-refractivity contribution in [3.8, 4) is 0 Å². The summed E-state index contributed by atoms with van der Waals surface area (Å²) >= 11 is 11.7. The molecule has 1 rings (SSSR count). The summed E-state index contributed by atoms with van der Waals surface area (Å²) in [5.41, 5.74) is 2.00. The van der Waals surface area contributed by atoms with Gasteiger partial charge < -0.3 is 15.1 Å². The Hall–Kier alpha value is -0.840. The van der Waals surface area contributed by atoms with Gasteiger partial charge >= 0.3 is 0 Å². The number of anilines is 1. The number of halogens is 1. The summed E-state index contributed by atoms with van der Waals surface area (Å²) in [5.74, 6) is 0.562. The lowest BCUT2D eigenvalue weighted by Gasteiger charge is -2.29. The van der Waals surface area contributed by atoms with Crippen LogP contribution in [-0.2, 0) is 0 Å². The third kappa shape index (κ3) is 6.20. The number of nitrogens with zero attached hydrogens (tertiary/aromatic N) is 2. The SMILES string of the molecule is Cc1c(Cl)cccc1NC(=S)N(CCN(C)C)CC(C)C. The molecule has 118 valence electrons. The topological polar surface area (TPSA) is 18.5 Å². The maximum absolute atomic E-state index is 6.16. The van der Waals surface area contributed by atoms with E-state index >= 15 is 0 Å². The van der Waals surface area contributed by atoms with Crippen molar-refractivity contribution in [3.05, 3.63) is 28.8 Å². The molecular formula is C16H26ClN3S. The number of nitrogens with one attached hydrogen (secondary N) is 1. The van der Waals surface area contributed by atoms with Gasteiger partial charge in [-0.2, -0.15) is 0 Å². The maximum Gasteiger partial charge on any atom is 0.173 e. The van der Waals surface area contributed by atoms with Crippen LogP contribution in [-0.4, -0.2) is 48.6 Å². The largest absolute Gasteiger partial charge is 0.347 e. The third-order valence-electron chi connectivity index (χ3n) is 3.20. The van der Waals surface area contributed by atoms with Crippen LogP contribution in [0.2, 0.25) is 5.02 Å². The second-order valence-corrected chi connectivity index (χ2v) is 6.78. The fourth-order valence-electron chi connectivity index (χ4n) is 1.97. The summed E-state index contributed by atoms with van der Waals surface area (Å²) in [6.45, 7) is 9.24. The zero-order chi connectivity index (χ0) is 16.0. The van der Waals surface area contributed by atoms with Crippen LogP contribution in [0.3, 0.4) is 0 Å². The van der Waals surface area contributed by atoms with E-state index in [0.29, 0.717) is 5.92 Å². The number of hydrogen-bond donors (Lipinski definition) is 1. The van der Waals surface area contributed by atoms with Crippen molar-refractivity contribution < 1.29 is 0 Å². The Balaban J connectivity index is 2.77. The number of benzene rings is 1. The summed E-state index contributed by atoms with van der Waals surface area (Å²) in [6, 6.07) is 5.84. The van der Waals surface area contributed by atoms with Crippen LogP contribution in [0.25, 0.3) is 0 Å². The molecule has 0 atom stereocenters. The molecule has 0 aromatic heterocycles. The van der Waals surface area contributed by atoms with Crippen LogP contribution in [0, 0.1) is 12.8 Å². The number of likely N-dealkylation sites (N-methyl/N-ethyl adjacent to an activating group) is 1. The van der Waals surface area contributed by atoms with Gasteiger partial charge in [0.2, 0.25) is 0 Å². The van der Waals surface area contributed by atoms with Gasteiger partial charge in [0, 0.05) is 30.3 Å². The molecule has 3 nitrogen and oxygen atoms in total. The Morgan fingerprint density at radius 1 is 1.29 bits per heavy atom. The highest BCUT2D eigenvalue weighted by atomic mass is 35.5. The highest BCUT2D eigenvalue weighted by Crippen LogP contribution is 2.23. The molecule has 0 aliphatic heterocycles. The van der Waals surface area contributed by atoms with Gasteiger partial charge in [0.05, 0.1) is 0 Å². The van der Waals surface area contributed by atoms with Gasteiger partial charge in [0.25, 0.3) is 0 Å². The summed E-state index contributed by atoms with van der Waals surface area (Å²) in [5, 5.41) is 4.85. The molecule has 1 aromatic carbocycles. The van der Waals surface area contributed by atoms with Gasteiger partial charge in [0.1, 0.15) is 0 Å². The van der Waals surface area contributed by atoms with E-state index in [9.17, 15) is 0 Å². The second-order valence-electron chi connectivity index (χ2n) is 5.99. The zero-order valence-electron chi connectivity index (χ0n) is 13.6. The molecule has 0 fully saturated rings. The quantitative estimate of drug-likeness (QED) is 0.799. The normalized spacial score (nSPS) is 11.0. The van der Waals surface area contributed by atoms with Crippen molar-refractivity contribution >= 4 is 34.6 Å². The third-order valence-corrected chi connectivity index (χ3v) is 3.97. The summed E-state index contributed by atoms with van der Waals surface area (Å²) < 4.78 is 0. The molecule has 0 amide bonds. The van der Waals surface area contributed by atoms with E-state index in [0.717, 1.165) is 41.0 Å². The van der Waals surface area contributed by atoms with E-state index in [4.69, 9.17) is 23.8 Å². The maximum atomic E-state index is 6.16. The molecule has 0 heterocycles. The predicted molar refractivity (Wildman–Crippen MR) is 97.4 cm³/mol. The molecule has 0 saturated carbocycles. The highest BCUT2D eigenvalue weighted by molar-refractivity contribution is 7.80. The minimum absolute atomic E-state index is 0.562. The van der Waals surface area contributed by atoms with Gasteiger partial charge in [-0.25, -0.2) is 0 Å². The zero-order valence-corrected chi connectivity index (χ0v) is 15.2. The van der Waals surface area contributed by atoms with Crippen molar-refractivity contribution in [2.75, 3.05) is 39.0 Å². The van der Waals surface area contributed by atoms with Crippen molar-refractivity contribution in [3.63, 3.8) is 0 Å². The first-order valence-electron chi connectivity index (χ1n) is 7.27. The van der Waals surface area contributed by atoms with Crippen LogP contribution in [0.5, 0.6) is 0 Å². The van der Waals surface area contributed by atoms with E-state index in [1.807, 2.05) is 25.1 Å². The van der Waals surface area contributed by atoms with Crippen LogP contribution in [0.15, 0.2) is 18.2 Å². The molecule has 0 aliphatic carbocycles. The Morgan fingerprint density at radius 3 is 2.52 bits per heavy atom. The number of hydrogen-bond acceptors (Lipinski definition) is 2. The molecule has 1 aromatic rings. The molecule has 0 spiro atoms. The molecule has 0 aliphatic rings. The first-order chi connectivity index (χ1) is 9.81. The van der Waals surface area contributed by atoms with Crippen molar-refractivity contribution in [1.29, 1.82) is 0 Å². The monoisotopic (exact) mass is 327 g/mol. The molecule has 0 unspecified atom stereocenters. The molecule has 1 N–H and O–H groups in total. The Morgan fingerprint density at radius 2 is 1.95 bits per heavy atom. The predicted octanol–water partition coefficient (Wildman–Crippen LogP) is 3.86. The Kier molecular flexibility index (Phi) is 7.43. The van der Waals surface area contributed by atoms with E-state index in [1.165, 1.54) is 0 Å². The smallest absolute Gasteiger partial charge is 0.173 e. The van der Waals surface area contributed by atoms with E-state index in [-0.39, 0.29) is 0 Å². The standard InChI is InChI=1S/C16H26ClN3S/c1-12(2)11-20(10-9-19(4)5)16(21)18-15-8-6-7-14(17)13(15)3/h6-8,12H,9-11H2,1-5H3,(H,18,21). The Labute approximate surface area is 139 Å². The van der Waals surface area contributed by atoms with E-state index in [1.54, 1.807) is 0 Å². The molecule has 5 heteroatoms. The second kappa shape index (κ2) is 8.57. The molecule has 0 saturated heterocycles. The van der Waals surface area contributed by atoms with Crippen molar-refractivity contribution in [1.82, 2.24) is 9.80 Å². The summed E-state index contributed by atoms with van der Waals surface area (Å²) in [7, 11) is 4.15. The van der Waals surface area contributed by atoms with Gasteiger partial charge in [-0.05, 0) is 56.9 Å². The van der Waals surface area contributed by atoms with E-state index in [2.05, 4.69) is 43.1 Å². The first-order valence-corrected chi connectivity index (χ1v) is 8.05. The van der Waals surface area contributed by atoms with Gasteiger partial charge in [0.15, 0.2) is 5.11 Å². The molecule has 21 heavy (non-hydrogen) atoms. The fraction of sp³-hybridized carbons (Fsp3) is 0.562. The van der Waals surface area contributed by atoms with Gasteiger partial charge in [-0.1, -0.05) is 31.5 Å². The molecule has 0 bridgehead atoms. The van der Waals surface area contributed by atoms with E-state index < -0.39 is 0 Å². The average molecular weight is 328 g/mol.